The fourth-order valence-corrected chi connectivity index (χ4v) is 0.962. The highest BCUT2D eigenvalue weighted by Crippen LogP contribution is 2.09. The van der Waals surface area contributed by atoms with E-state index in [0.29, 0.717) is 0 Å². The van der Waals surface area contributed by atoms with Gasteiger partial charge in [-0.25, -0.2) is 0 Å². The molecule has 0 radical (unpaired) electrons. The largest absolute Gasteiger partial charge is 0.469 e. The van der Waals surface area contributed by atoms with E-state index in [-0.39, 0.29) is 0 Å². The van der Waals surface area contributed by atoms with Crippen molar-refractivity contribution in [1.29, 1.82) is 0 Å². The summed E-state index contributed by atoms with van der Waals surface area (Å²) in [6.07, 6.45) is 1.65. The van der Waals surface area contributed by atoms with E-state index in [2.05, 4.69) is 0 Å². The second-order valence-corrected chi connectivity index (χ2v) is 2.56. The Morgan fingerprint density at radius 3 is 2.56 bits per heavy atom. The standard InChI is InChI=1S/C7H8OS/c1-5-7(6(2)9)3-4-8-5/h3-4H,1-2H3. The molecule has 0 saturated carbocycles. The number of hydrogen-bond donors (Lipinski definition) is 0. The van der Waals surface area contributed by atoms with Crippen molar-refractivity contribution in [3.05, 3.63) is 23.7 Å². The monoisotopic (exact) mass is 140 g/mol. The van der Waals surface area contributed by atoms with Crippen LogP contribution in [0.25, 0.3) is 0 Å². The zero-order valence-corrected chi connectivity index (χ0v) is 6.29. The van der Waals surface area contributed by atoms with Crippen LogP contribution in [0, 0.1) is 6.92 Å². The summed E-state index contributed by atoms with van der Waals surface area (Å²) in [6.45, 7) is 3.80. The van der Waals surface area contributed by atoms with Gasteiger partial charge in [-0.1, -0.05) is 12.2 Å². The van der Waals surface area contributed by atoms with Crippen molar-refractivity contribution in [3.63, 3.8) is 0 Å². The lowest BCUT2D eigenvalue weighted by Gasteiger charge is -1.89. The van der Waals surface area contributed by atoms with Crippen LogP contribution in [0.3, 0.4) is 0 Å². The maximum Gasteiger partial charge on any atom is 0.108 e. The van der Waals surface area contributed by atoms with E-state index in [9.17, 15) is 0 Å². The Morgan fingerprint density at radius 1 is 1.67 bits per heavy atom. The van der Waals surface area contributed by atoms with Crippen LogP contribution < -0.4 is 0 Å². The Kier molecular flexibility index (Phi) is 1.67. The van der Waals surface area contributed by atoms with Gasteiger partial charge in [-0.2, -0.15) is 0 Å². The van der Waals surface area contributed by atoms with Gasteiger partial charge >= 0.3 is 0 Å². The Morgan fingerprint density at radius 2 is 2.33 bits per heavy atom. The third-order valence-electron chi connectivity index (χ3n) is 1.24. The average molecular weight is 140 g/mol. The zero-order valence-electron chi connectivity index (χ0n) is 5.47. The van der Waals surface area contributed by atoms with E-state index < -0.39 is 0 Å². The van der Waals surface area contributed by atoms with E-state index in [1.54, 1.807) is 6.26 Å². The Labute approximate surface area is 59.7 Å². The van der Waals surface area contributed by atoms with E-state index in [1.807, 2.05) is 19.9 Å². The Balaban J connectivity index is 3.08. The Bertz CT molecular complexity index is 225. The van der Waals surface area contributed by atoms with E-state index >= 15 is 0 Å². The summed E-state index contributed by atoms with van der Waals surface area (Å²) < 4.78 is 5.04. The van der Waals surface area contributed by atoms with Crippen molar-refractivity contribution in [1.82, 2.24) is 0 Å². The molecule has 1 nitrogen and oxygen atoms in total. The molecule has 0 atom stereocenters. The van der Waals surface area contributed by atoms with Crippen LogP contribution in [-0.2, 0) is 0 Å². The third-order valence-corrected chi connectivity index (χ3v) is 1.46. The molecule has 0 spiro atoms. The first-order chi connectivity index (χ1) is 4.22. The molecule has 0 aliphatic heterocycles. The van der Waals surface area contributed by atoms with Crippen molar-refractivity contribution in [3.8, 4) is 0 Å². The first-order valence-electron chi connectivity index (χ1n) is 2.77. The van der Waals surface area contributed by atoms with E-state index in [1.165, 1.54) is 0 Å². The quantitative estimate of drug-likeness (QED) is 0.438. The summed E-state index contributed by atoms with van der Waals surface area (Å²) in [5, 5.41) is 0. The summed E-state index contributed by atoms with van der Waals surface area (Å²) in [7, 11) is 0. The van der Waals surface area contributed by atoms with Crippen molar-refractivity contribution in [2.75, 3.05) is 0 Å². The molecule has 9 heavy (non-hydrogen) atoms. The van der Waals surface area contributed by atoms with Crippen LogP contribution in [0.5, 0.6) is 0 Å². The molecule has 0 bridgehead atoms. The lowest BCUT2D eigenvalue weighted by molar-refractivity contribution is 0.533. The third kappa shape index (κ3) is 1.19. The van der Waals surface area contributed by atoms with E-state index in [0.717, 1.165) is 16.2 Å². The molecule has 0 unspecified atom stereocenters. The van der Waals surface area contributed by atoms with Crippen LogP contribution >= 0.6 is 12.2 Å². The smallest absolute Gasteiger partial charge is 0.108 e. The second kappa shape index (κ2) is 2.31. The van der Waals surface area contributed by atoms with E-state index in [4.69, 9.17) is 16.6 Å². The van der Waals surface area contributed by atoms with Gasteiger partial charge in [-0.3, -0.25) is 0 Å². The predicted molar refractivity (Wildman–Crippen MR) is 40.8 cm³/mol. The molecule has 1 rings (SSSR count). The minimum Gasteiger partial charge on any atom is -0.469 e. The van der Waals surface area contributed by atoms with Gasteiger partial charge in [0.25, 0.3) is 0 Å². The fraction of sp³-hybridized carbons (Fsp3) is 0.286. The number of rotatable bonds is 1. The maximum atomic E-state index is 5.04. The molecule has 0 aromatic carbocycles. The molecule has 1 aromatic rings. The topological polar surface area (TPSA) is 13.1 Å². The van der Waals surface area contributed by atoms with Gasteiger partial charge in [0.05, 0.1) is 6.26 Å². The average Bonchev–Trinajstić information content (AvgIpc) is 2.13. The van der Waals surface area contributed by atoms with Gasteiger partial charge in [0, 0.05) is 10.4 Å². The Hall–Kier alpha value is -0.630. The molecular weight excluding hydrogens is 132 g/mol. The predicted octanol–water partition coefficient (Wildman–Crippen LogP) is 2.33. The molecule has 0 fully saturated rings. The maximum absolute atomic E-state index is 5.04. The molecule has 48 valence electrons. The van der Waals surface area contributed by atoms with Crippen molar-refractivity contribution in [2.24, 2.45) is 0 Å². The molecule has 2 heteroatoms. The summed E-state index contributed by atoms with van der Waals surface area (Å²) in [4.78, 5) is 0.890. The molecule has 0 N–H and O–H groups in total. The number of thiocarbonyl (C=S) groups is 1. The van der Waals surface area contributed by atoms with Gasteiger partial charge in [0.15, 0.2) is 0 Å². The van der Waals surface area contributed by atoms with Gasteiger partial charge in [0.2, 0.25) is 0 Å². The minimum absolute atomic E-state index is 0.890. The summed E-state index contributed by atoms with van der Waals surface area (Å²) >= 11 is 4.94. The second-order valence-electron chi connectivity index (χ2n) is 1.95. The van der Waals surface area contributed by atoms with Crippen molar-refractivity contribution in [2.45, 2.75) is 13.8 Å². The van der Waals surface area contributed by atoms with Gasteiger partial charge in [-0.15, -0.1) is 0 Å². The molecule has 1 heterocycles. The molecule has 0 amide bonds. The fourth-order valence-electron chi connectivity index (χ4n) is 0.750. The molecule has 0 aliphatic carbocycles. The zero-order chi connectivity index (χ0) is 6.85. The SMILES string of the molecule is CC(=S)c1ccoc1C. The van der Waals surface area contributed by atoms with Gasteiger partial charge in [0.1, 0.15) is 5.76 Å². The number of aryl methyl sites for hydroxylation is 1. The number of furan rings is 1. The highest BCUT2D eigenvalue weighted by atomic mass is 32.1. The van der Waals surface area contributed by atoms with Crippen LogP contribution in [-0.4, -0.2) is 4.86 Å². The molecular formula is C7H8OS. The first-order valence-corrected chi connectivity index (χ1v) is 3.17. The number of hydrogen-bond acceptors (Lipinski definition) is 2. The summed E-state index contributed by atoms with van der Waals surface area (Å²) in [5.74, 6) is 0.905. The molecule has 1 aromatic heterocycles. The van der Waals surface area contributed by atoms with Crippen LogP contribution in [0.2, 0.25) is 0 Å². The highest BCUT2D eigenvalue weighted by molar-refractivity contribution is 7.80. The van der Waals surface area contributed by atoms with Crippen LogP contribution in [0.4, 0.5) is 0 Å². The summed E-state index contributed by atoms with van der Waals surface area (Å²) in [6, 6.07) is 1.89. The van der Waals surface area contributed by atoms with Gasteiger partial charge < -0.3 is 4.42 Å². The highest BCUT2D eigenvalue weighted by Gasteiger charge is 2.00. The normalized spacial score (nSPS) is 9.56. The summed E-state index contributed by atoms with van der Waals surface area (Å²) in [5.41, 5.74) is 1.05. The van der Waals surface area contributed by atoms with Crippen LogP contribution in [0.1, 0.15) is 18.2 Å². The lowest BCUT2D eigenvalue weighted by atomic mass is 10.2. The molecule has 0 aliphatic rings. The van der Waals surface area contributed by atoms with Crippen LogP contribution in [0.15, 0.2) is 16.7 Å². The van der Waals surface area contributed by atoms with Crippen molar-refractivity contribution >= 4 is 17.1 Å². The first kappa shape index (κ1) is 6.49. The van der Waals surface area contributed by atoms with Gasteiger partial charge in [-0.05, 0) is 19.9 Å². The lowest BCUT2D eigenvalue weighted by Crippen LogP contribution is -1.87. The van der Waals surface area contributed by atoms with Crippen molar-refractivity contribution < 1.29 is 4.42 Å². The minimum atomic E-state index is 0.890. The molecule has 0 saturated heterocycles.